The molecule has 0 radical (unpaired) electrons. The Morgan fingerprint density at radius 1 is 1.47 bits per heavy atom. The maximum absolute atomic E-state index is 12.9. The van der Waals surface area contributed by atoms with Crippen molar-refractivity contribution in [1.29, 1.82) is 0 Å². The molecular weight excluding hydrogens is 245 g/mol. The number of nitrogens with two attached hydrogens (primary N) is 1. The van der Waals surface area contributed by atoms with Crippen molar-refractivity contribution < 1.29 is 13.9 Å². The van der Waals surface area contributed by atoms with Crippen LogP contribution in [0.5, 0.6) is 0 Å². The first kappa shape index (κ1) is 13.9. The van der Waals surface area contributed by atoms with Crippen molar-refractivity contribution in [2.75, 3.05) is 0 Å². The van der Waals surface area contributed by atoms with Crippen LogP contribution < -0.4 is 5.73 Å². The van der Waals surface area contributed by atoms with E-state index in [0.717, 1.165) is 0 Å². The lowest BCUT2D eigenvalue weighted by molar-refractivity contribution is -0.156. The summed E-state index contributed by atoms with van der Waals surface area (Å²) in [6, 6.07) is 2.94. The standard InChI is InChI=1S/C12H15ClFNO2/c1-12(2,3)17-11(16)10(15)7-4-5-9(14)8(13)6-7/h4-6,10H,15H2,1-3H3. The van der Waals surface area contributed by atoms with Gasteiger partial charge in [-0.15, -0.1) is 0 Å². The molecule has 3 nitrogen and oxygen atoms in total. The van der Waals surface area contributed by atoms with Gasteiger partial charge in [-0.2, -0.15) is 0 Å². The zero-order valence-electron chi connectivity index (χ0n) is 9.96. The summed E-state index contributed by atoms with van der Waals surface area (Å²) in [5, 5.41) is -0.0680. The van der Waals surface area contributed by atoms with E-state index in [0.29, 0.717) is 5.56 Å². The van der Waals surface area contributed by atoms with Crippen LogP contribution in [0.1, 0.15) is 32.4 Å². The maximum atomic E-state index is 12.9. The topological polar surface area (TPSA) is 52.3 Å². The second kappa shape index (κ2) is 5.02. The Morgan fingerprint density at radius 3 is 2.53 bits per heavy atom. The molecule has 0 aliphatic carbocycles. The van der Waals surface area contributed by atoms with E-state index >= 15 is 0 Å². The summed E-state index contributed by atoms with van der Waals surface area (Å²) in [6.07, 6.45) is 0. The molecule has 1 aromatic rings. The van der Waals surface area contributed by atoms with Gasteiger partial charge in [-0.25, -0.2) is 9.18 Å². The van der Waals surface area contributed by atoms with Gasteiger partial charge in [0.2, 0.25) is 0 Å². The number of rotatable bonds is 2. The first-order chi connectivity index (χ1) is 7.70. The molecule has 1 atom stereocenters. The molecule has 0 spiro atoms. The lowest BCUT2D eigenvalue weighted by atomic mass is 10.1. The zero-order valence-corrected chi connectivity index (χ0v) is 10.7. The monoisotopic (exact) mass is 259 g/mol. The van der Waals surface area contributed by atoms with E-state index in [2.05, 4.69) is 0 Å². The molecule has 1 unspecified atom stereocenters. The third-order valence-electron chi connectivity index (χ3n) is 1.96. The summed E-state index contributed by atoms with van der Waals surface area (Å²) in [5.74, 6) is -1.12. The second-order valence-corrected chi connectivity index (χ2v) is 5.09. The van der Waals surface area contributed by atoms with Crippen molar-refractivity contribution >= 4 is 17.6 Å². The van der Waals surface area contributed by atoms with E-state index < -0.39 is 23.4 Å². The van der Waals surface area contributed by atoms with Gasteiger partial charge in [0.1, 0.15) is 17.5 Å². The molecule has 5 heteroatoms. The van der Waals surface area contributed by atoms with Crippen molar-refractivity contribution in [3.8, 4) is 0 Å². The summed E-state index contributed by atoms with van der Waals surface area (Å²) in [4.78, 5) is 11.7. The highest BCUT2D eigenvalue weighted by atomic mass is 35.5. The Morgan fingerprint density at radius 2 is 2.06 bits per heavy atom. The molecule has 1 aromatic carbocycles. The van der Waals surface area contributed by atoms with Crippen LogP contribution in [0.2, 0.25) is 5.02 Å². The first-order valence-electron chi connectivity index (χ1n) is 5.14. The average Bonchev–Trinajstić information content (AvgIpc) is 2.18. The minimum absolute atomic E-state index is 0.0680. The minimum atomic E-state index is -0.965. The Balaban J connectivity index is 2.85. The third-order valence-corrected chi connectivity index (χ3v) is 2.25. The van der Waals surface area contributed by atoms with Crippen LogP contribution in [0.25, 0.3) is 0 Å². The normalized spacial score (nSPS) is 13.3. The number of carbonyl (C=O) groups is 1. The van der Waals surface area contributed by atoms with Gasteiger partial charge in [0.05, 0.1) is 5.02 Å². The summed E-state index contributed by atoms with van der Waals surface area (Å²) in [7, 11) is 0. The van der Waals surface area contributed by atoms with E-state index in [9.17, 15) is 9.18 Å². The van der Waals surface area contributed by atoms with Crippen molar-refractivity contribution in [3.63, 3.8) is 0 Å². The van der Waals surface area contributed by atoms with E-state index in [1.165, 1.54) is 18.2 Å². The van der Waals surface area contributed by atoms with Crippen molar-refractivity contribution in [3.05, 3.63) is 34.6 Å². The molecule has 17 heavy (non-hydrogen) atoms. The molecule has 0 fully saturated rings. The van der Waals surface area contributed by atoms with Crippen molar-refractivity contribution in [2.24, 2.45) is 5.73 Å². The highest BCUT2D eigenvalue weighted by molar-refractivity contribution is 6.30. The molecule has 0 amide bonds. The van der Waals surface area contributed by atoms with Crippen LogP contribution in [-0.4, -0.2) is 11.6 Å². The molecule has 1 rings (SSSR count). The van der Waals surface area contributed by atoms with Gasteiger partial charge < -0.3 is 10.5 Å². The molecule has 0 saturated carbocycles. The molecule has 0 bridgehead atoms. The lowest BCUT2D eigenvalue weighted by Crippen LogP contribution is -2.31. The van der Waals surface area contributed by atoms with Crippen LogP contribution in [0.4, 0.5) is 4.39 Å². The average molecular weight is 260 g/mol. The van der Waals surface area contributed by atoms with E-state index in [-0.39, 0.29) is 5.02 Å². The van der Waals surface area contributed by atoms with E-state index in [1.807, 2.05) is 0 Å². The smallest absolute Gasteiger partial charge is 0.328 e. The van der Waals surface area contributed by atoms with Crippen LogP contribution in [0, 0.1) is 5.82 Å². The number of esters is 1. The highest BCUT2D eigenvalue weighted by Crippen LogP contribution is 2.21. The Bertz CT molecular complexity index is 429. The Kier molecular flexibility index (Phi) is 4.11. The fourth-order valence-electron chi connectivity index (χ4n) is 1.21. The Labute approximate surface area is 105 Å². The molecule has 0 saturated heterocycles. The SMILES string of the molecule is CC(C)(C)OC(=O)C(N)c1ccc(F)c(Cl)c1. The number of carbonyl (C=O) groups excluding carboxylic acids is 1. The van der Waals surface area contributed by atoms with Crippen LogP contribution in [0.3, 0.4) is 0 Å². The van der Waals surface area contributed by atoms with Gasteiger partial charge in [-0.05, 0) is 38.5 Å². The summed E-state index contributed by atoms with van der Waals surface area (Å²) >= 11 is 5.61. The lowest BCUT2D eigenvalue weighted by Gasteiger charge is -2.22. The molecule has 94 valence electrons. The van der Waals surface area contributed by atoms with Gasteiger partial charge in [0.25, 0.3) is 0 Å². The number of ether oxygens (including phenoxy) is 1. The summed E-state index contributed by atoms with van der Waals surface area (Å²) < 4.78 is 18.1. The highest BCUT2D eigenvalue weighted by Gasteiger charge is 2.23. The summed E-state index contributed by atoms with van der Waals surface area (Å²) in [5.41, 5.74) is 5.52. The molecular formula is C12H15ClFNO2. The zero-order chi connectivity index (χ0) is 13.2. The molecule has 0 heterocycles. The number of halogens is 2. The van der Waals surface area contributed by atoms with Crippen LogP contribution in [0.15, 0.2) is 18.2 Å². The van der Waals surface area contributed by atoms with Gasteiger partial charge in [0.15, 0.2) is 0 Å². The number of hydrogen-bond acceptors (Lipinski definition) is 3. The van der Waals surface area contributed by atoms with E-state index in [4.69, 9.17) is 22.1 Å². The fraction of sp³-hybridized carbons (Fsp3) is 0.417. The van der Waals surface area contributed by atoms with Gasteiger partial charge in [-0.3, -0.25) is 0 Å². The molecule has 0 aliphatic heterocycles. The number of benzene rings is 1. The van der Waals surface area contributed by atoms with Gasteiger partial charge >= 0.3 is 5.97 Å². The second-order valence-electron chi connectivity index (χ2n) is 4.68. The van der Waals surface area contributed by atoms with Crippen LogP contribution >= 0.6 is 11.6 Å². The quantitative estimate of drug-likeness (QED) is 0.831. The largest absolute Gasteiger partial charge is 0.459 e. The Hall–Kier alpha value is -1.13. The van der Waals surface area contributed by atoms with Crippen molar-refractivity contribution in [1.82, 2.24) is 0 Å². The van der Waals surface area contributed by atoms with E-state index in [1.54, 1.807) is 20.8 Å². The predicted octanol–water partition coefficient (Wildman–Crippen LogP) is 2.82. The predicted molar refractivity (Wildman–Crippen MR) is 64.2 cm³/mol. The fourth-order valence-corrected chi connectivity index (χ4v) is 1.40. The van der Waals surface area contributed by atoms with Gasteiger partial charge in [0, 0.05) is 0 Å². The minimum Gasteiger partial charge on any atom is -0.459 e. The van der Waals surface area contributed by atoms with Gasteiger partial charge in [-0.1, -0.05) is 17.7 Å². The molecule has 2 N–H and O–H groups in total. The number of hydrogen-bond donors (Lipinski definition) is 1. The van der Waals surface area contributed by atoms with Crippen LogP contribution in [-0.2, 0) is 9.53 Å². The summed E-state index contributed by atoms with van der Waals surface area (Å²) in [6.45, 7) is 5.24. The third kappa shape index (κ3) is 3.98. The molecule has 0 aliphatic rings. The molecule has 0 aromatic heterocycles. The van der Waals surface area contributed by atoms with Crippen molar-refractivity contribution in [2.45, 2.75) is 32.4 Å². The first-order valence-corrected chi connectivity index (χ1v) is 5.52. The maximum Gasteiger partial charge on any atom is 0.328 e.